The topological polar surface area (TPSA) is 58.4 Å². The van der Waals surface area contributed by atoms with E-state index in [0.29, 0.717) is 16.1 Å². The number of benzene rings is 1. The number of carbonyl (C=O) groups is 1. The average molecular weight is 306 g/mol. The number of nitrogens with two attached hydrogens (primary N) is 1. The molecular weight excluding hydrogens is 286 g/mol. The second-order valence-corrected chi connectivity index (χ2v) is 5.68. The summed E-state index contributed by atoms with van der Waals surface area (Å²) in [5, 5.41) is 3.54. The molecule has 1 unspecified atom stereocenters. The van der Waals surface area contributed by atoms with Gasteiger partial charge in [0.1, 0.15) is 0 Å². The largest absolute Gasteiger partial charge is 0.348 e. The van der Waals surface area contributed by atoms with Crippen LogP contribution in [0.25, 0.3) is 0 Å². The molecule has 5 heteroatoms. The molecule has 1 amide bonds. The fraction of sp³-hybridized carbons (Fsp3) is 0.438. The van der Waals surface area contributed by atoms with Gasteiger partial charge in [0.05, 0.1) is 11.6 Å². The van der Waals surface area contributed by atoms with Crippen LogP contribution in [0.3, 0.4) is 0 Å². The molecule has 0 aromatic heterocycles. The van der Waals surface area contributed by atoms with E-state index in [0.717, 1.165) is 25.9 Å². The monoisotopic (exact) mass is 305 g/mol. The van der Waals surface area contributed by atoms with Crippen molar-refractivity contribution >= 4 is 17.5 Å². The summed E-state index contributed by atoms with van der Waals surface area (Å²) in [4.78, 5) is 14.5. The lowest BCUT2D eigenvalue weighted by atomic mass is 10.1. The third kappa shape index (κ3) is 4.47. The molecule has 3 N–H and O–H groups in total. The van der Waals surface area contributed by atoms with E-state index in [-0.39, 0.29) is 18.5 Å². The van der Waals surface area contributed by atoms with Crippen molar-refractivity contribution in [1.82, 2.24) is 10.2 Å². The van der Waals surface area contributed by atoms with Crippen molar-refractivity contribution < 1.29 is 4.79 Å². The van der Waals surface area contributed by atoms with Crippen LogP contribution in [0, 0.1) is 11.8 Å². The zero-order valence-electron chi connectivity index (χ0n) is 12.2. The van der Waals surface area contributed by atoms with Crippen molar-refractivity contribution in [3.8, 4) is 11.8 Å². The summed E-state index contributed by atoms with van der Waals surface area (Å²) < 4.78 is 0. The first-order chi connectivity index (χ1) is 10.1. The maximum Gasteiger partial charge on any atom is 0.251 e. The van der Waals surface area contributed by atoms with Crippen LogP contribution in [-0.4, -0.2) is 43.5 Å². The molecule has 1 aliphatic heterocycles. The van der Waals surface area contributed by atoms with E-state index >= 15 is 0 Å². The van der Waals surface area contributed by atoms with Crippen LogP contribution in [0.2, 0.25) is 5.02 Å². The van der Waals surface area contributed by atoms with Crippen LogP contribution in [0.1, 0.15) is 28.8 Å². The number of piperidine rings is 1. The summed E-state index contributed by atoms with van der Waals surface area (Å²) in [6.45, 7) is 2.26. The molecular formula is C16H20ClN3O. The third-order valence-corrected chi connectivity index (χ3v) is 3.83. The van der Waals surface area contributed by atoms with Gasteiger partial charge in [0.25, 0.3) is 5.91 Å². The number of rotatable bonds is 2. The number of likely N-dealkylation sites (tertiary alicyclic amines) is 1. The first kappa shape index (κ1) is 15.8. The fourth-order valence-corrected chi connectivity index (χ4v) is 2.68. The minimum Gasteiger partial charge on any atom is -0.348 e. The number of nitrogens with one attached hydrogen (secondary N) is 1. The Labute approximate surface area is 130 Å². The maximum absolute atomic E-state index is 12.3. The molecule has 1 aliphatic rings. The Bertz CT molecular complexity index is 577. The van der Waals surface area contributed by atoms with E-state index in [1.807, 2.05) is 0 Å². The van der Waals surface area contributed by atoms with Crippen molar-refractivity contribution in [2.24, 2.45) is 5.73 Å². The van der Waals surface area contributed by atoms with E-state index in [9.17, 15) is 4.79 Å². The number of nitrogens with zero attached hydrogens (tertiary/aromatic N) is 1. The minimum atomic E-state index is -0.0875. The fourth-order valence-electron chi connectivity index (χ4n) is 2.46. The zero-order valence-corrected chi connectivity index (χ0v) is 12.9. The van der Waals surface area contributed by atoms with Gasteiger partial charge in [0.2, 0.25) is 0 Å². The second-order valence-electron chi connectivity index (χ2n) is 5.28. The van der Waals surface area contributed by atoms with Crippen LogP contribution >= 0.6 is 11.6 Å². The van der Waals surface area contributed by atoms with E-state index in [1.165, 1.54) is 0 Å². The molecule has 112 valence electrons. The number of hydrogen-bond acceptors (Lipinski definition) is 3. The average Bonchev–Trinajstić information content (AvgIpc) is 2.46. The summed E-state index contributed by atoms with van der Waals surface area (Å²) >= 11 is 6.14. The van der Waals surface area contributed by atoms with E-state index in [1.54, 1.807) is 18.2 Å². The summed E-state index contributed by atoms with van der Waals surface area (Å²) in [5.41, 5.74) is 6.59. The van der Waals surface area contributed by atoms with Gasteiger partial charge in [-0.15, -0.1) is 0 Å². The first-order valence-electron chi connectivity index (χ1n) is 7.08. The lowest BCUT2D eigenvalue weighted by Crippen LogP contribution is -2.46. The molecule has 0 aliphatic carbocycles. The van der Waals surface area contributed by atoms with Crippen LogP contribution in [-0.2, 0) is 0 Å². The predicted molar refractivity (Wildman–Crippen MR) is 85.4 cm³/mol. The quantitative estimate of drug-likeness (QED) is 0.814. The van der Waals surface area contributed by atoms with Gasteiger partial charge in [0, 0.05) is 23.7 Å². The minimum absolute atomic E-state index is 0.0875. The smallest absolute Gasteiger partial charge is 0.251 e. The van der Waals surface area contributed by atoms with E-state index < -0.39 is 0 Å². The predicted octanol–water partition coefficient (Wildman–Crippen LogP) is 1.47. The lowest BCUT2D eigenvalue weighted by molar-refractivity contribution is 0.0912. The van der Waals surface area contributed by atoms with Crippen molar-refractivity contribution in [1.29, 1.82) is 0 Å². The Morgan fingerprint density at radius 3 is 3.05 bits per heavy atom. The van der Waals surface area contributed by atoms with Gasteiger partial charge in [-0.1, -0.05) is 23.4 Å². The van der Waals surface area contributed by atoms with Gasteiger partial charge in [-0.05, 0) is 44.6 Å². The molecule has 1 aromatic carbocycles. The molecule has 1 aromatic rings. The van der Waals surface area contributed by atoms with E-state index in [4.69, 9.17) is 17.3 Å². The van der Waals surface area contributed by atoms with Gasteiger partial charge in [-0.2, -0.15) is 0 Å². The van der Waals surface area contributed by atoms with Crippen LogP contribution in [0.4, 0.5) is 0 Å². The summed E-state index contributed by atoms with van der Waals surface area (Å²) in [7, 11) is 2.07. The maximum atomic E-state index is 12.3. The Kier molecular flexibility index (Phi) is 5.63. The normalized spacial score (nSPS) is 18.7. The van der Waals surface area contributed by atoms with Crippen molar-refractivity contribution in [3.63, 3.8) is 0 Å². The molecule has 0 spiro atoms. The zero-order chi connectivity index (χ0) is 15.2. The van der Waals surface area contributed by atoms with Crippen LogP contribution in [0.15, 0.2) is 18.2 Å². The van der Waals surface area contributed by atoms with E-state index in [2.05, 4.69) is 29.1 Å². The van der Waals surface area contributed by atoms with Gasteiger partial charge in [0.15, 0.2) is 0 Å². The van der Waals surface area contributed by atoms with Gasteiger partial charge in [-0.3, -0.25) is 4.79 Å². The molecule has 2 rings (SSSR count). The van der Waals surface area contributed by atoms with Gasteiger partial charge in [-0.25, -0.2) is 0 Å². The van der Waals surface area contributed by atoms with Gasteiger partial charge < -0.3 is 16.0 Å². The van der Waals surface area contributed by atoms with Crippen LogP contribution in [0.5, 0.6) is 0 Å². The number of amides is 1. The highest BCUT2D eigenvalue weighted by molar-refractivity contribution is 6.32. The Balaban J connectivity index is 2.04. The molecule has 21 heavy (non-hydrogen) atoms. The summed E-state index contributed by atoms with van der Waals surface area (Å²) in [6, 6.07) is 5.36. The Morgan fingerprint density at radius 2 is 2.38 bits per heavy atom. The highest BCUT2D eigenvalue weighted by Crippen LogP contribution is 2.17. The molecule has 1 fully saturated rings. The Hall–Kier alpha value is -1.54. The molecule has 1 heterocycles. The van der Waals surface area contributed by atoms with Crippen LogP contribution < -0.4 is 11.1 Å². The second kappa shape index (κ2) is 7.46. The SMILES string of the molecule is CN1CCCC(NC(=O)c2ccc(C#CCN)c(Cl)c2)C1. The van der Waals surface area contributed by atoms with Gasteiger partial charge >= 0.3 is 0 Å². The molecule has 4 nitrogen and oxygen atoms in total. The molecule has 0 radical (unpaired) electrons. The number of likely N-dealkylation sites (N-methyl/N-ethyl adjacent to an activating group) is 1. The van der Waals surface area contributed by atoms with Crippen molar-refractivity contribution in [2.45, 2.75) is 18.9 Å². The highest BCUT2D eigenvalue weighted by atomic mass is 35.5. The lowest BCUT2D eigenvalue weighted by Gasteiger charge is -2.30. The molecule has 1 atom stereocenters. The van der Waals surface area contributed by atoms with Crippen molar-refractivity contribution in [3.05, 3.63) is 34.3 Å². The third-order valence-electron chi connectivity index (χ3n) is 3.52. The molecule has 0 saturated carbocycles. The molecule has 0 bridgehead atoms. The summed E-state index contributed by atoms with van der Waals surface area (Å²) in [6.07, 6.45) is 2.12. The Morgan fingerprint density at radius 1 is 1.57 bits per heavy atom. The van der Waals surface area contributed by atoms with Crippen molar-refractivity contribution in [2.75, 3.05) is 26.7 Å². The highest BCUT2D eigenvalue weighted by Gasteiger charge is 2.19. The number of carbonyl (C=O) groups excluding carboxylic acids is 1. The number of halogens is 1. The molecule has 1 saturated heterocycles. The first-order valence-corrected chi connectivity index (χ1v) is 7.46. The number of hydrogen-bond donors (Lipinski definition) is 2. The standard InChI is InChI=1S/C16H20ClN3O/c1-20-9-3-5-14(11-20)19-16(21)13-7-6-12(4-2-8-18)15(17)10-13/h6-7,10,14H,3,5,8-9,11,18H2,1H3,(H,19,21). The summed E-state index contributed by atoms with van der Waals surface area (Å²) in [5.74, 6) is 5.55.